The van der Waals surface area contributed by atoms with E-state index in [1.807, 2.05) is 0 Å². The van der Waals surface area contributed by atoms with Gasteiger partial charge in [-0.15, -0.1) is 0 Å². The molecule has 1 atom stereocenters. The molecule has 1 aliphatic carbocycles. The molecular formula is C17H29NOSi. The molecule has 20 heavy (non-hydrogen) atoms. The minimum atomic E-state index is -1.53. The molecule has 0 saturated heterocycles. The first-order valence-corrected chi connectivity index (χ1v) is 11.4. The third kappa shape index (κ3) is 5.39. The molecule has 1 aliphatic rings. The summed E-state index contributed by atoms with van der Waals surface area (Å²) in [6.07, 6.45) is 7.02. The van der Waals surface area contributed by atoms with Gasteiger partial charge in [-0.25, -0.2) is 0 Å². The molecule has 0 heterocycles. The van der Waals surface area contributed by atoms with E-state index in [4.69, 9.17) is 4.43 Å². The van der Waals surface area contributed by atoms with Gasteiger partial charge in [0.25, 0.3) is 0 Å². The first-order valence-electron chi connectivity index (χ1n) is 8.01. The van der Waals surface area contributed by atoms with E-state index < -0.39 is 8.32 Å². The van der Waals surface area contributed by atoms with Crippen molar-refractivity contribution in [3.63, 3.8) is 0 Å². The van der Waals surface area contributed by atoms with Gasteiger partial charge in [0.05, 0.1) is 6.10 Å². The average molecular weight is 292 g/mol. The molecule has 0 amide bonds. The lowest BCUT2D eigenvalue weighted by molar-refractivity contribution is 0.183. The molecule has 1 unspecified atom stereocenters. The molecule has 1 saturated carbocycles. The minimum Gasteiger partial charge on any atom is -0.409 e. The first kappa shape index (κ1) is 15.7. The SMILES string of the molecule is C[Si](C)(C)OC(CNC1CCCCC1)c1ccccc1. The van der Waals surface area contributed by atoms with Crippen LogP contribution >= 0.6 is 0 Å². The molecule has 1 fully saturated rings. The molecule has 1 aromatic carbocycles. The van der Waals surface area contributed by atoms with Crippen molar-refractivity contribution in [1.29, 1.82) is 0 Å². The van der Waals surface area contributed by atoms with Crippen LogP contribution in [0.2, 0.25) is 19.6 Å². The standard InChI is InChI=1S/C17H29NOSi/c1-20(2,3)19-17(15-10-6-4-7-11-15)14-18-16-12-8-5-9-13-16/h4,6-7,10-11,16-18H,5,8-9,12-14H2,1-3H3. The maximum atomic E-state index is 6.39. The van der Waals surface area contributed by atoms with Gasteiger partial charge in [0.2, 0.25) is 0 Å². The van der Waals surface area contributed by atoms with Crippen LogP contribution in [-0.2, 0) is 4.43 Å². The van der Waals surface area contributed by atoms with Crippen LogP contribution < -0.4 is 5.32 Å². The second kappa shape index (κ2) is 7.39. The highest BCUT2D eigenvalue weighted by molar-refractivity contribution is 6.69. The molecule has 3 heteroatoms. The van der Waals surface area contributed by atoms with Crippen molar-refractivity contribution in [2.24, 2.45) is 0 Å². The molecule has 2 nitrogen and oxygen atoms in total. The van der Waals surface area contributed by atoms with Crippen LogP contribution in [0.15, 0.2) is 30.3 Å². The molecule has 1 N–H and O–H groups in total. The zero-order valence-electron chi connectivity index (χ0n) is 13.2. The Kier molecular flexibility index (Phi) is 5.82. The number of rotatable bonds is 6. The Morgan fingerprint density at radius 3 is 2.35 bits per heavy atom. The molecule has 2 rings (SSSR count). The topological polar surface area (TPSA) is 21.3 Å². The summed E-state index contributed by atoms with van der Waals surface area (Å²) in [5.74, 6) is 0. The highest BCUT2D eigenvalue weighted by atomic mass is 28.4. The van der Waals surface area contributed by atoms with Crippen LogP contribution in [0.1, 0.15) is 43.8 Å². The molecule has 112 valence electrons. The van der Waals surface area contributed by atoms with Gasteiger partial charge in [-0.3, -0.25) is 0 Å². The van der Waals surface area contributed by atoms with Crippen LogP contribution in [0.4, 0.5) is 0 Å². The highest BCUT2D eigenvalue weighted by Gasteiger charge is 2.23. The van der Waals surface area contributed by atoms with Crippen LogP contribution in [0.3, 0.4) is 0 Å². The van der Waals surface area contributed by atoms with Gasteiger partial charge in [-0.1, -0.05) is 49.6 Å². The zero-order chi connectivity index (χ0) is 14.4. The normalized spacial score (nSPS) is 18.9. The molecule has 1 aromatic rings. The van der Waals surface area contributed by atoms with E-state index in [2.05, 4.69) is 55.3 Å². The van der Waals surface area contributed by atoms with Crippen molar-refractivity contribution in [3.8, 4) is 0 Å². The largest absolute Gasteiger partial charge is 0.409 e. The van der Waals surface area contributed by atoms with Crippen molar-refractivity contribution < 1.29 is 4.43 Å². The van der Waals surface area contributed by atoms with Gasteiger partial charge in [0.1, 0.15) is 0 Å². The van der Waals surface area contributed by atoms with Crippen molar-refractivity contribution in [2.75, 3.05) is 6.54 Å². The number of nitrogens with one attached hydrogen (secondary N) is 1. The molecular weight excluding hydrogens is 262 g/mol. The van der Waals surface area contributed by atoms with Gasteiger partial charge in [-0.05, 0) is 38.0 Å². The summed E-state index contributed by atoms with van der Waals surface area (Å²) in [5.41, 5.74) is 1.30. The van der Waals surface area contributed by atoms with Gasteiger partial charge >= 0.3 is 0 Å². The van der Waals surface area contributed by atoms with Gasteiger partial charge < -0.3 is 9.74 Å². The zero-order valence-corrected chi connectivity index (χ0v) is 14.2. The second-order valence-electron chi connectivity index (χ2n) is 6.87. The van der Waals surface area contributed by atoms with Gasteiger partial charge in [0, 0.05) is 12.6 Å². The lowest BCUT2D eigenvalue weighted by atomic mass is 9.95. The van der Waals surface area contributed by atoms with Crippen LogP contribution in [-0.4, -0.2) is 20.9 Å². The smallest absolute Gasteiger partial charge is 0.184 e. The average Bonchev–Trinajstić information content (AvgIpc) is 2.44. The van der Waals surface area contributed by atoms with Crippen LogP contribution in [0, 0.1) is 0 Å². The third-order valence-corrected chi connectivity index (χ3v) is 4.86. The van der Waals surface area contributed by atoms with E-state index in [1.54, 1.807) is 0 Å². The number of hydrogen-bond donors (Lipinski definition) is 1. The predicted molar refractivity (Wildman–Crippen MR) is 88.5 cm³/mol. The molecule has 0 aromatic heterocycles. The molecule has 0 radical (unpaired) electrons. The minimum absolute atomic E-state index is 0.199. The quantitative estimate of drug-likeness (QED) is 0.779. The summed E-state index contributed by atoms with van der Waals surface area (Å²) in [6.45, 7) is 7.75. The van der Waals surface area contributed by atoms with Gasteiger partial charge in [-0.2, -0.15) is 0 Å². The maximum absolute atomic E-state index is 6.39. The Morgan fingerprint density at radius 1 is 1.10 bits per heavy atom. The van der Waals surface area contributed by atoms with E-state index >= 15 is 0 Å². The Labute approximate surface area is 125 Å². The maximum Gasteiger partial charge on any atom is 0.184 e. The fourth-order valence-corrected chi connectivity index (χ4v) is 3.98. The van der Waals surface area contributed by atoms with E-state index in [0.29, 0.717) is 6.04 Å². The highest BCUT2D eigenvalue weighted by Crippen LogP contribution is 2.23. The fraction of sp³-hybridized carbons (Fsp3) is 0.647. The Balaban J connectivity index is 1.95. The van der Waals surface area contributed by atoms with E-state index in [-0.39, 0.29) is 6.10 Å². The van der Waals surface area contributed by atoms with Crippen molar-refractivity contribution in [2.45, 2.75) is 63.9 Å². The molecule has 0 spiro atoms. The Morgan fingerprint density at radius 2 is 1.75 bits per heavy atom. The lowest BCUT2D eigenvalue weighted by Gasteiger charge is -2.30. The summed E-state index contributed by atoms with van der Waals surface area (Å²) in [7, 11) is -1.53. The number of benzene rings is 1. The van der Waals surface area contributed by atoms with E-state index in [9.17, 15) is 0 Å². The lowest BCUT2D eigenvalue weighted by Crippen LogP contribution is -2.38. The fourth-order valence-electron chi connectivity index (χ4n) is 2.90. The van der Waals surface area contributed by atoms with Crippen molar-refractivity contribution in [1.82, 2.24) is 5.32 Å². The summed E-state index contributed by atoms with van der Waals surface area (Å²) in [4.78, 5) is 0. The molecule has 0 aliphatic heterocycles. The molecule has 0 bridgehead atoms. The van der Waals surface area contributed by atoms with Crippen molar-refractivity contribution >= 4 is 8.32 Å². The third-order valence-electron chi connectivity index (χ3n) is 3.86. The Hall–Kier alpha value is -0.643. The van der Waals surface area contributed by atoms with Crippen molar-refractivity contribution in [3.05, 3.63) is 35.9 Å². The Bertz CT molecular complexity index is 382. The number of hydrogen-bond acceptors (Lipinski definition) is 2. The van der Waals surface area contributed by atoms with E-state index in [0.717, 1.165) is 6.54 Å². The first-order chi connectivity index (χ1) is 9.54. The second-order valence-corrected chi connectivity index (χ2v) is 11.3. The van der Waals surface area contributed by atoms with Gasteiger partial charge in [0.15, 0.2) is 8.32 Å². The van der Waals surface area contributed by atoms with E-state index in [1.165, 1.54) is 37.7 Å². The summed E-state index contributed by atoms with van der Waals surface area (Å²) >= 11 is 0. The monoisotopic (exact) mass is 291 g/mol. The summed E-state index contributed by atoms with van der Waals surface area (Å²) < 4.78 is 6.39. The summed E-state index contributed by atoms with van der Waals surface area (Å²) in [5, 5.41) is 3.74. The summed E-state index contributed by atoms with van der Waals surface area (Å²) in [6, 6.07) is 11.4. The predicted octanol–water partition coefficient (Wildman–Crippen LogP) is 4.50. The van der Waals surface area contributed by atoms with Crippen LogP contribution in [0.25, 0.3) is 0 Å². The van der Waals surface area contributed by atoms with Crippen LogP contribution in [0.5, 0.6) is 0 Å².